The van der Waals surface area contributed by atoms with Crippen LogP contribution in [0.1, 0.15) is 26.7 Å². The lowest BCUT2D eigenvalue weighted by molar-refractivity contribution is -0.134. The molecule has 19 heavy (non-hydrogen) atoms. The highest BCUT2D eigenvalue weighted by atomic mass is 16.5. The van der Waals surface area contributed by atoms with Gasteiger partial charge in [0.2, 0.25) is 11.8 Å². The molecule has 6 nitrogen and oxygen atoms in total. The second-order valence-electron chi connectivity index (χ2n) is 5.74. The van der Waals surface area contributed by atoms with E-state index in [0.29, 0.717) is 13.0 Å². The third-order valence-corrected chi connectivity index (χ3v) is 3.85. The lowest BCUT2D eigenvalue weighted by atomic mass is 9.87. The predicted molar refractivity (Wildman–Crippen MR) is 66.8 cm³/mol. The number of hydrogen-bond donors (Lipinski definition) is 1. The summed E-state index contributed by atoms with van der Waals surface area (Å²) < 4.78 is 5.32. The van der Waals surface area contributed by atoms with Gasteiger partial charge in [0.1, 0.15) is 12.6 Å². The number of nitrogens with two attached hydrogens (primary N) is 1. The zero-order chi connectivity index (χ0) is 14.2. The van der Waals surface area contributed by atoms with Crippen LogP contribution in [0, 0.1) is 11.8 Å². The number of carbonyl (C=O) groups excluding carboxylic acids is 3. The summed E-state index contributed by atoms with van der Waals surface area (Å²) in [6, 6.07) is -0.444. The number of nitrogens with zero attached hydrogens (tertiary/aromatic N) is 1. The maximum atomic E-state index is 12.1. The molecule has 2 saturated heterocycles. The lowest BCUT2D eigenvalue weighted by Crippen LogP contribution is -2.43. The largest absolute Gasteiger partial charge is 0.369 e. The van der Waals surface area contributed by atoms with Crippen LogP contribution in [0.25, 0.3) is 0 Å². The Balaban J connectivity index is 1.94. The first-order valence-electron chi connectivity index (χ1n) is 6.41. The molecule has 0 aromatic heterocycles. The third-order valence-electron chi connectivity index (χ3n) is 3.85. The fourth-order valence-electron chi connectivity index (χ4n) is 2.40. The van der Waals surface area contributed by atoms with Gasteiger partial charge in [0.15, 0.2) is 5.78 Å². The van der Waals surface area contributed by atoms with Crippen molar-refractivity contribution in [1.29, 1.82) is 0 Å². The molecule has 2 rings (SSSR count). The minimum Gasteiger partial charge on any atom is -0.369 e. The smallest absolute Gasteiger partial charge is 0.227 e. The van der Waals surface area contributed by atoms with E-state index in [0.717, 1.165) is 0 Å². The van der Waals surface area contributed by atoms with Crippen LogP contribution in [-0.4, -0.2) is 47.8 Å². The highest BCUT2D eigenvalue weighted by molar-refractivity contribution is 5.95. The van der Waals surface area contributed by atoms with Crippen LogP contribution in [-0.2, 0) is 19.1 Å². The summed E-state index contributed by atoms with van der Waals surface area (Å²) in [5, 5.41) is 0. The van der Waals surface area contributed by atoms with Crippen molar-refractivity contribution < 1.29 is 19.1 Å². The molecule has 6 heteroatoms. The van der Waals surface area contributed by atoms with E-state index in [-0.39, 0.29) is 30.8 Å². The van der Waals surface area contributed by atoms with E-state index in [1.54, 1.807) is 13.8 Å². The summed E-state index contributed by atoms with van der Waals surface area (Å²) in [4.78, 5) is 36.5. The summed E-state index contributed by atoms with van der Waals surface area (Å²) in [6.45, 7) is 3.99. The van der Waals surface area contributed by atoms with Crippen LogP contribution in [0.4, 0.5) is 0 Å². The Bertz CT molecular complexity index is 419. The Labute approximate surface area is 112 Å². The standard InChI is InChI=1S/C13H19N2O4/c1-13(2,12(14)18)5-3-10(17)15-6-4-9-11(15)8(16)7-19-9/h3,9,11H,4-7H2,1-2H3,(H2,14,18). The molecule has 2 N–H and O–H groups in total. The van der Waals surface area contributed by atoms with Gasteiger partial charge in [0.05, 0.1) is 12.5 Å². The molecule has 2 aliphatic heterocycles. The molecule has 2 atom stereocenters. The fraction of sp³-hybridized carbons (Fsp3) is 0.692. The highest BCUT2D eigenvalue weighted by Gasteiger charge is 2.46. The second-order valence-corrected chi connectivity index (χ2v) is 5.74. The highest BCUT2D eigenvalue weighted by Crippen LogP contribution is 2.29. The number of amides is 2. The average molecular weight is 267 g/mol. The Morgan fingerprint density at radius 2 is 2.21 bits per heavy atom. The lowest BCUT2D eigenvalue weighted by Gasteiger charge is -2.24. The molecule has 0 saturated carbocycles. The number of ether oxygens (including phenoxy) is 1. The van der Waals surface area contributed by atoms with Crippen LogP contribution in [0.3, 0.4) is 0 Å². The normalized spacial score (nSPS) is 26.6. The van der Waals surface area contributed by atoms with Gasteiger partial charge in [-0.3, -0.25) is 14.4 Å². The van der Waals surface area contributed by atoms with Gasteiger partial charge in [-0.25, -0.2) is 0 Å². The van der Waals surface area contributed by atoms with Crippen molar-refractivity contribution in [3.8, 4) is 0 Å². The van der Waals surface area contributed by atoms with Crippen LogP contribution in [0.2, 0.25) is 0 Å². The molecule has 0 spiro atoms. The van der Waals surface area contributed by atoms with Crippen molar-refractivity contribution in [2.45, 2.75) is 38.8 Å². The monoisotopic (exact) mass is 267 g/mol. The van der Waals surface area contributed by atoms with Gasteiger partial charge in [-0.15, -0.1) is 0 Å². The molecule has 1 radical (unpaired) electrons. The van der Waals surface area contributed by atoms with Gasteiger partial charge >= 0.3 is 0 Å². The summed E-state index contributed by atoms with van der Waals surface area (Å²) >= 11 is 0. The molecule has 0 aromatic carbocycles. The summed E-state index contributed by atoms with van der Waals surface area (Å²) in [5.74, 6) is -0.713. The minimum atomic E-state index is -0.759. The van der Waals surface area contributed by atoms with Gasteiger partial charge < -0.3 is 15.4 Å². The van der Waals surface area contributed by atoms with Crippen LogP contribution in [0.15, 0.2) is 0 Å². The maximum absolute atomic E-state index is 12.1. The molecular weight excluding hydrogens is 248 g/mol. The first kappa shape index (κ1) is 14.0. The minimum absolute atomic E-state index is 0.0431. The molecule has 2 amide bonds. The van der Waals surface area contributed by atoms with Gasteiger partial charge in [-0.05, 0) is 12.8 Å². The van der Waals surface area contributed by atoms with Gasteiger partial charge in [0.25, 0.3) is 0 Å². The van der Waals surface area contributed by atoms with Crippen molar-refractivity contribution in [3.63, 3.8) is 0 Å². The van der Waals surface area contributed by atoms with E-state index in [9.17, 15) is 14.4 Å². The maximum Gasteiger partial charge on any atom is 0.227 e. The summed E-state index contributed by atoms with van der Waals surface area (Å²) in [5.41, 5.74) is 4.50. The predicted octanol–water partition coefficient (Wildman–Crippen LogP) is -0.339. The van der Waals surface area contributed by atoms with E-state index >= 15 is 0 Å². The van der Waals surface area contributed by atoms with Crippen molar-refractivity contribution >= 4 is 17.6 Å². The van der Waals surface area contributed by atoms with Gasteiger partial charge in [-0.1, -0.05) is 13.8 Å². The number of hydrogen-bond acceptors (Lipinski definition) is 4. The van der Waals surface area contributed by atoms with Gasteiger partial charge in [-0.2, -0.15) is 0 Å². The van der Waals surface area contributed by atoms with Gasteiger partial charge in [0, 0.05) is 12.0 Å². The molecule has 2 fully saturated rings. The average Bonchev–Trinajstić information content (AvgIpc) is 2.90. The zero-order valence-electron chi connectivity index (χ0n) is 11.2. The van der Waals surface area contributed by atoms with Crippen molar-refractivity contribution in [3.05, 3.63) is 6.42 Å². The van der Waals surface area contributed by atoms with E-state index in [4.69, 9.17) is 10.5 Å². The number of rotatable bonds is 4. The molecular formula is C13H19N2O4. The fourth-order valence-corrected chi connectivity index (χ4v) is 2.40. The van der Waals surface area contributed by atoms with E-state index in [2.05, 4.69) is 0 Å². The van der Waals surface area contributed by atoms with E-state index < -0.39 is 17.4 Å². The topological polar surface area (TPSA) is 89.7 Å². The number of ketones is 1. The van der Waals surface area contributed by atoms with Crippen molar-refractivity contribution in [2.24, 2.45) is 11.1 Å². The van der Waals surface area contributed by atoms with Crippen LogP contribution in [0.5, 0.6) is 0 Å². The Morgan fingerprint density at radius 1 is 1.53 bits per heavy atom. The first-order chi connectivity index (χ1) is 8.83. The van der Waals surface area contributed by atoms with Crippen LogP contribution < -0.4 is 5.73 Å². The molecule has 0 aliphatic carbocycles. The zero-order valence-corrected chi connectivity index (χ0v) is 11.2. The van der Waals surface area contributed by atoms with E-state index in [1.807, 2.05) is 0 Å². The number of primary amides is 1. The Morgan fingerprint density at radius 3 is 2.84 bits per heavy atom. The molecule has 0 aromatic rings. The SMILES string of the molecule is CC(C)(C[CH]C(=O)N1CCC2OCC(=O)C21)C(N)=O. The van der Waals surface area contributed by atoms with Crippen LogP contribution >= 0.6 is 0 Å². The molecule has 2 unspecified atom stereocenters. The quantitative estimate of drug-likeness (QED) is 0.754. The third kappa shape index (κ3) is 2.63. The summed E-state index contributed by atoms with van der Waals surface area (Å²) in [6.07, 6.45) is 2.24. The molecule has 105 valence electrons. The number of likely N-dealkylation sites (tertiary alicyclic amines) is 1. The Hall–Kier alpha value is -1.43. The molecule has 2 heterocycles. The number of Topliss-reactive ketones (excluding diaryl/α,β-unsaturated/α-hetero) is 1. The second kappa shape index (κ2) is 4.92. The van der Waals surface area contributed by atoms with Crippen molar-refractivity contribution in [2.75, 3.05) is 13.2 Å². The Kier molecular flexibility index (Phi) is 3.62. The number of fused-ring (bicyclic) bond motifs is 1. The van der Waals surface area contributed by atoms with E-state index in [1.165, 1.54) is 11.3 Å². The molecule has 2 aliphatic rings. The van der Waals surface area contributed by atoms with Crippen molar-refractivity contribution in [1.82, 2.24) is 4.90 Å². The number of carbonyl (C=O) groups is 3. The first-order valence-corrected chi connectivity index (χ1v) is 6.41. The molecule has 0 bridgehead atoms. The summed E-state index contributed by atoms with van der Waals surface area (Å²) in [7, 11) is 0.